The Morgan fingerprint density at radius 2 is 2.17 bits per heavy atom. The van der Waals surface area contributed by atoms with Crippen LogP contribution in [0.15, 0.2) is 34.2 Å². The number of nitrogens with one attached hydrogen (secondary N) is 1. The number of methoxy groups -OCH3 is 1. The molecule has 0 saturated heterocycles. The molecule has 0 aliphatic carbocycles. The number of nitrogens with zero attached hydrogens (tertiary/aromatic N) is 2. The maximum atomic E-state index is 12.2. The van der Waals surface area contributed by atoms with Crippen LogP contribution in [0.4, 0.5) is 0 Å². The molecule has 2 aromatic rings. The first-order valence-corrected chi connectivity index (χ1v) is 8.37. The lowest BCUT2D eigenvalue weighted by molar-refractivity contribution is -0.121. The van der Waals surface area contributed by atoms with Gasteiger partial charge in [0.15, 0.2) is 0 Å². The van der Waals surface area contributed by atoms with Crippen LogP contribution >= 0.6 is 27.3 Å². The van der Waals surface area contributed by atoms with Gasteiger partial charge in [0.05, 0.1) is 22.3 Å². The van der Waals surface area contributed by atoms with Crippen molar-refractivity contribution in [3.05, 3.63) is 44.7 Å². The second-order valence-electron chi connectivity index (χ2n) is 4.75. The van der Waals surface area contributed by atoms with Gasteiger partial charge in [-0.25, -0.2) is 4.98 Å². The second kappa shape index (κ2) is 8.07. The molecule has 6 nitrogen and oxygen atoms in total. The first kappa shape index (κ1) is 17.4. The minimum Gasteiger partial charge on any atom is -0.481 e. The zero-order chi connectivity index (χ0) is 16.8. The van der Waals surface area contributed by atoms with E-state index in [0.29, 0.717) is 17.3 Å². The summed E-state index contributed by atoms with van der Waals surface area (Å²) in [7, 11) is 3.14. The number of pyridine rings is 1. The summed E-state index contributed by atoms with van der Waals surface area (Å²) in [6, 6.07) is 7.08. The van der Waals surface area contributed by atoms with Crippen LogP contribution in [0.2, 0.25) is 0 Å². The van der Waals surface area contributed by atoms with E-state index in [1.165, 1.54) is 23.3 Å². The van der Waals surface area contributed by atoms with Gasteiger partial charge in [-0.2, -0.15) is 0 Å². The SMILES string of the molecule is COc1cc(CNC(=O)CN(C)C(=O)c2ccc(Br)s2)ccn1. The number of carbonyl (C=O) groups excluding carboxylic acids is 2. The second-order valence-corrected chi connectivity index (χ2v) is 7.21. The lowest BCUT2D eigenvalue weighted by Gasteiger charge is -2.16. The molecule has 2 aromatic heterocycles. The van der Waals surface area contributed by atoms with Crippen molar-refractivity contribution >= 4 is 39.1 Å². The van der Waals surface area contributed by atoms with Gasteiger partial charge in [0, 0.05) is 25.9 Å². The zero-order valence-electron chi connectivity index (χ0n) is 12.7. The first-order chi connectivity index (χ1) is 11.0. The quantitative estimate of drug-likeness (QED) is 0.811. The number of rotatable bonds is 6. The van der Waals surface area contributed by atoms with Crippen molar-refractivity contribution in [1.29, 1.82) is 0 Å². The van der Waals surface area contributed by atoms with E-state index in [1.807, 2.05) is 6.07 Å². The largest absolute Gasteiger partial charge is 0.481 e. The van der Waals surface area contributed by atoms with Crippen LogP contribution in [0.1, 0.15) is 15.2 Å². The molecule has 2 heterocycles. The third-order valence-corrected chi connectivity index (χ3v) is 4.62. The molecule has 0 aliphatic heterocycles. The van der Waals surface area contributed by atoms with E-state index in [-0.39, 0.29) is 18.4 Å². The van der Waals surface area contributed by atoms with Gasteiger partial charge in [-0.3, -0.25) is 9.59 Å². The highest BCUT2D eigenvalue weighted by atomic mass is 79.9. The Labute approximate surface area is 146 Å². The van der Waals surface area contributed by atoms with E-state index in [0.717, 1.165) is 9.35 Å². The highest BCUT2D eigenvalue weighted by molar-refractivity contribution is 9.11. The Kier molecular flexibility index (Phi) is 6.12. The molecule has 0 radical (unpaired) electrons. The number of aromatic nitrogens is 1. The van der Waals surface area contributed by atoms with Gasteiger partial charge in [0.1, 0.15) is 0 Å². The summed E-state index contributed by atoms with van der Waals surface area (Å²) >= 11 is 4.65. The molecule has 23 heavy (non-hydrogen) atoms. The van der Waals surface area contributed by atoms with Gasteiger partial charge in [-0.15, -0.1) is 11.3 Å². The topological polar surface area (TPSA) is 71.5 Å². The van der Waals surface area contributed by atoms with Crippen molar-refractivity contribution in [3.63, 3.8) is 0 Å². The highest BCUT2D eigenvalue weighted by Crippen LogP contribution is 2.22. The number of halogens is 1. The Balaban J connectivity index is 1.85. The van der Waals surface area contributed by atoms with Crippen LogP contribution in [0.3, 0.4) is 0 Å². The number of thiophene rings is 1. The molecule has 1 N–H and O–H groups in total. The van der Waals surface area contributed by atoms with Gasteiger partial charge in [-0.1, -0.05) is 0 Å². The standard InChI is InChI=1S/C15H16BrN3O3S/c1-19(15(21)11-3-4-12(16)23-11)9-13(20)18-8-10-5-6-17-14(7-10)22-2/h3-7H,8-9H2,1-2H3,(H,18,20). The van der Waals surface area contributed by atoms with Crippen molar-refractivity contribution in [3.8, 4) is 5.88 Å². The lowest BCUT2D eigenvalue weighted by Crippen LogP contribution is -2.37. The monoisotopic (exact) mass is 397 g/mol. The molecule has 0 fully saturated rings. The average Bonchev–Trinajstić information content (AvgIpc) is 2.98. The fourth-order valence-corrected chi connectivity index (χ4v) is 3.21. The van der Waals surface area contributed by atoms with Crippen molar-refractivity contribution in [2.45, 2.75) is 6.54 Å². The molecular weight excluding hydrogens is 382 g/mol. The van der Waals surface area contributed by atoms with E-state index in [4.69, 9.17) is 4.74 Å². The summed E-state index contributed by atoms with van der Waals surface area (Å²) in [4.78, 5) is 30.1. The van der Waals surface area contributed by atoms with Crippen LogP contribution in [0, 0.1) is 0 Å². The predicted octanol–water partition coefficient (Wildman–Crippen LogP) is 2.30. The highest BCUT2D eigenvalue weighted by Gasteiger charge is 2.16. The van der Waals surface area contributed by atoms with Gasteiger partial charge in [0.2, 0.25) is 11.8 Å². The molecule has 2 rings (SSSR count). The number of hydrogen-bond donors (Lipinski definition) is 1. The van der Waals surface area contributed by atoms with Crippen LogP contribution in [-0.2, 0) is 11.3 Å². The van der Waals surface area contributed by atoms with E-state index >= 15 is 0 Å². The maximum Gasteiger partial charge on any atom is 0.264 e. The number of amides is 2. The normalized spacial score (nSPS) is 10.2. The molecule has 0 bridgehead atoms. The first-order valence-electron chi connectivity index (χ1n) is 6.76. The zero-order valence-corrected chi connectivity index (χ0v) is 15.1. The Bertz CT molecular complexity index is 705. The molecule has 122 valence electrons. The lowest BCUT2D eigenvalue weighted by atomic mass is 10.2. The Morgan fingerprint density at radius 1 is 1.39 bits per heavy atom. The van der Waals surface area contributed by atoms with E-state index in [1.54, 1.807) is 31.4 Å². The minimum absolute atomic E-state index is 0.00340. The van der Waals surface area contributed by atoms with Gasteiger partial charge in [0.25, 0.3) is 5.91 Å². The summed E-state index contributed by atoms with van der Waals surface area (Å²) in [6.45, 7) is 0.348. The van der Waals surface area contributed by atoms with Crippen LogP contribution in [0.5, 0.6) is 5.88 Å². The summed E-state index contributed by atoms with van der Waals surface area (Å²) in [5.74, 6) is 0.0843. The molecule has 0 unspecified atom stereocenters. The number of carbonyl (C=O) groups is 2. The molecule has 8 heteroatoms. The third-order valence-electron chi connectivity index (χ3n) is 3.01. The summed E-state index contributed by atoms with van der Waals surface area (Å²) < 4.78 is 5.91. The maximum absolute atomic E-state index is 12.2. The molecule has 0 aliphatic rings. The molecule has 0 saturated carbocycles. The van der Waals surface area contributed by atoms with Crippen LogP contribution < -0.4 is 10.1 Å². The van der Waals surface area contributed by atoms with Crippen molar-refractivity contribution in [2.24, 2.45) is 0 Å². The van der Waals surface area contributed by atoms with Crippen molar-refractivity contribution in [2.75, 3.05) is 20.7 Å². The Morgan fingerprint density at radius 3 is 2.83 bits per heavy atom. The molecule has 2 amide bonds. The third kappa shape index (κ3) is 5.04. The molecular formula is C15H16BrN3O3S. The average molecular weight is 398 g/mol. The van der Waals surface area contributed by atoms with Crippen LogP contribution in [-0.4, -0.2) is 42.4 Å². The Hall–Kier alpha value is -1.93. The fourth-order valence-electron chi connectivity index (χ4n) is 1.83. The number of likely N-dealkylation sites (N-methyl/N-ethyl adjacent to an activating group) is 1. The number of hydrogen-bond acceptors (Lipinski definition) is 5. The van der Waals surface area contributed by atoms with Crippen molar-refractivity contribution in [1.82, 2.24) is 15.2 Å². The van der Waals surface area contributed by atoms with Gasteiger partial charge in [-0.05, 0) is 39.7 Å². The fraction of sp³-hybridized carbons (Fsp3) is 0.267. The van der Waals surface area contributed by atoms with E-state index < -0.39 is 0 Å². The van der Waals surface area contributed by atoms with Gasteiger partial charge < -0.3 is 15.0 Å². The van der Waals surface area contributed by atoms with E-state index in [2.05, 4.69) is 26.2 Å². The van der Waals surface area contributed by atoms with Crippen molar-refractivity contribution < 1.29 is 14.3 Å². The minimum atomic E-state index is -0.229. The molecule has 0 spiro atoms. The molecule has 0 atom stereocenters. The smallest absolute Gasteiger partial charge is 0.264 e. The summed E-state index contributed by atoms with van der Waals surface area (Å²) in [5, 5.41) is 2.77. The number of ether oxygens (including phenoxy) is 1. The van der Waals surface area contributed by atoms with Crippen LogP contribution in [0.25, 0.3) is 0 Å². The summed E-state index contributed by atoms with van der Waals surface area (Å²) in [6.07, 6.45) is 1.62. The van der Waals surface area contributed by atoms with Gasteiger partial charge >= 0.3 is 0 Å². The molecule has 0 aromatic carbocycles. The summed E-state index contributed by atoms with van der Waals surface area (Å²) in [5.41, 5.74) is 0.876. The predicted molar refractivity (Wildman–Crippen MR) is 91.6 cm³/mol. The van der Waals surface area contributed by atoms with E-state index in [9.17, 15) is 9.59 Å².